The Morgan fingerprint density at radius 2 is 1.22 bits per heavy atom. The summed E-state index contributed by atoms with van der Waals surface area (Å²) in [5.41, 5.74) is 0.108. The summed E-state index contributed by atoms with van der Waals surface area (Å²) < 4.78 is 1.57. The number of rotatable bonds is 4. The molecule has 1 aliphatic carbocycles. The van der Waals surface area contributed by atoms with E-state index in [-0.39, 0.29) is 5.70 Å². The van der Waals surface area contributed by atoms with Crippen LogP contribution in [0.25, 0.3) is 0 Å². The average Bonchev–Trinajstić information content (AvgIpc) is 2.62. The van der Waals surface area contributed by atoms with Gasteiger partial charge in [-0.05, 0) is 35.4 Å². The zero-order valence-electron chi connectivity index (χ0n) is 13.6. The van der Waals surface area contributed by atoms with E-state index in [1.54, 1.807) is 48.5 Å². The molecule has 3 rings (SSSR count). The Balaban J connectivity index is 2.26. The average molecular weight is 496 g/mol. The lowest BCUT2D eigenvalue weighted by Gasteiger charge is -2.27. The van der Waals surface area contributed by atoms with E-state index in [1.807, 2.05) is 0 Å². The standard InChI is InChI=1S/C18H12Br2N2O5/c19-12-5-1-10(2-6-12)16-14(21(24)25)9-15(22(26)27)18(23)17(16)11-3-7-13(20)8-4-11/h1-9,16-17,23H. The molecule has 0 heterocycles. The molecule has 0 bridgehead atoms. The zero-order chi connectivity index (χ0) is 19.7. The van der Waals surface area contributed by atoms with E-state index in [2.05, 4.69) is 31.9 Å². The molecule has 2 atom stereocenters. The molecule has 2 unspecified atom stereocenters. The second-order valence-corrected chi connectivity index (χ2v) is 7.74. The molecule has 1 N–H and O–H groups in total. The second-order valence-electron chi connectivity index (χ2n) is 5.91. The summed E-state index contributed by atoms with van der Waals surface area (Å²) in [5.74, 6) is -2.33. The Kier molecular flexibility index (Phi) is 5.43. The van der Waals surface area contributed by atoms with Gasteiger partial charge in [0.05, 0.1) is 27.8 Å². The fourth-order valence-electron chi connectivity index (χ4n) is 3.16. The maximum atomic E-state index is 11.7. The van der Waals surface area contributed by atoms with E-state index in [4.69, 9.17) is 0 Å². The van der Waals surface area contributed by atoms with Crippen LogP contribution in [0.4, 0.5) is 0 Å². The summed E-state index contributed by atoms with van der Waals surface area (Å²) in [6.45, 7) is 0. The lowest BCUT2D eigenvalue weighted by molar-refractivity contribution is -0.442. The fourth-order valence-corrected chi connectivity index (χ4v) is 3.69. The Labute approximate surface area is 170 Å². The van der Waals surface area contributed by atoms with Crippen molar-refractivity contribution in [3.63, 3.8) is 0 Å². The molecule has 0 radical (unpaired) electrons. The molecule has 1 aliphatic rings. The summed E-state index contributed by atoms with van der Waals surface area (Å²) in [6.07, 6.45) is 0.845. The predicted molar refractivity (Wildman–Crippen MR) is 105 cm³/mol. The molecule has 2 aromatic rings. The summed E-state index contributed by atoms with van der Waals surface area (Å²) in [4.78, 5) is 21.6. The van der Waals surface area contributed by atoms with Crippen molar-refractivity contribution in [2.24, 2.45) is 0 Å². The van der Waals surface area contributed by atoms with Gasteiger partial charge in [0, 0.05) is 8.95 Å². The monoisotopic (exact) mass is 494 g/mol. The van der Waals surface area contributed by atoms with E-state index >= 15 is 0 Å². The summed E-state index contributed by atoms with van der Waals surface area (Å²) in [7, 11) is 0. The third kappa shape index (κ3) is 3.79. The minimum atomic E-state index is -0.954. The van der Waals surface area contributed by atoms with Crippen molar-refractivity contribution >= 4 is 31.9 Å². The van der Waals surface area contributed by atoms with Crippen molar-refractivity contribution in [2.45, 2.75) is 11.8 Å². The number of aliphatic hydroxyl groups excluding tert-OH is 1. The molecule has 0 saturated carbocycles. The number of allylic oxidation sites excluding steroid dienone is 3. The van der Waals surface area contributed by atoms with Crippen LogP contribution in [0.1, 0.15) is 23.0 Å². The molecular weight excluding hydrogens is 484 g/mol. The molecule has 7 nitrogen and oxygen atoms in total. The SMILES string of the molecule is O=[N+]([O-])C1=CC([N+](=O)[O-])=C(O)C(c2ccc(Br)cc2)C1c1ccc(Br)cc1. The highest BCUT2D eigenvalue weighted by molar-refractivity contribution is 9.10. The lowest BCUT2D eigenvalue weighted by atomic mass is 9.75. The van der Waals surface area contributed by atoms with Crippen molar-refractivity contribution in [1.82, 2.24) is 0 Å². The number of aliphatic hydroxyl groups is 1. The van der Waals surface area contributed by atoms with Gasteiger partial charge in [0.2, 0.25) is 0 Å². The van der Waals surface area contributed by atoms with Crippen molar-refractivity contribution < 1.29 is 15.0 Å². The molecule has 0 aromatic heterocycles. The maximum Gasteiger partial charge on any atom is 0.313 e. The van der Waals surface area contributed by atoms with Crippen LogP contribution in [-0.4, -0.2) is 15.0 Å². The predicted octanol–water partition coefficient (Wildman–Crippen LogP) is 5.30. The molecule has 138 valence electrons. The number of halogens is 2. The maximum absolute atomic E-state index is 11.7. The van der Waals surface area contributed by atoms with Crippen molar-refractivity contribution in [3.05, 3.63) is 112 Å². The van der Waals surface area contributed by atoms with Crippen LogP contribution < -0.4 is 0 Å². The van der Waals surface area contributed by atoms with Crippen LogP contribution in [0.15, 0.2) is 80.7 Å². The quantitative estimate of drug-likeness (QED) is 0.457. The van der Waals surface area contributed by atoms with Crippen LogP contribution in [0.3, 0.4) is 0 Å². The first kappa shape index (κ1) is 19.2. The van der Waals surface area contributed by atoms with Crippen LogP contribution in [0.5, 0.6) is 0 Å². The molecule has 0 fully saturated rings. The lowest BCUT2D eigenvalue weighted by Crippen LogP contribution is -2.26. The van der Waals surface area contributed by atoms with Crippen LogP contribution in [0.2, 0.25) is 0 Å². The Morgan fingerprint density at radius 3 is 1.63 bits per heavy atom. The van der Waals surface area contributed by atoms with Crippen LogP contribution in [-0.2, 0) is 0 Å². The highest BCUT2D eigenvalue weighted by Gasteiger charge is 2.45. The summed E-state index contributed by atoms with van der Waals surface area (Å²) >= 11 is 6.64. The normalized spacial score (nSPS) is 19.6. The van der Waals surface area contributed by atoms with Gasteiger partial charge in [-0.15, -0.1) is 0 Å². The summed E-state index contributed by atoms with van der Waals surface area (Å²) in [6, 6.07) is 13.7. The third-order valence-electron chi connectivity index (χ3n) is 4.36. The number of hydrogen-bond acceptors (Lipinski definition) is 5. The molecule has 2 aromatic carbocycles. The van der Waals surface area contributed by atoms with Crippen molar-refractivity contribution in [3.8, 4) is 0 Å². The zero-order valence-corrected chi connectivity index (χ0v) is 16.8. The van der Waals surface area contributed by atoms with Crippen molar-refractivity contribution in [2.75, 3.05) is 0 Å². The van der Waals surface area contributed by atoms with E-state index in [1.165, 1.54) is 0 Å². The number of nitrogens with zero attached hydrogens (tertiary/aromatic N) is 2. The largest absolute Gasteiger partial charge is 0.505 e. The van der Waals surface area contributed by atoms with E-state index in [0.717, 1.165) is 15.0 Å². The van der Waals surface area contributed by atoms with Crippen LogP contribution >= 0.6 is 31.9 Å². The minimum Gasteiger partial charge on any atom is -0.505 e. The van der Waals surface area contributed by atoms with Crippen molar-refractivity contribution in [1.29, 1.82) is 0 Å². The van der Waals surface area contributed by atoms with Gasteiger partial charge in [-0.3, -0.25) is 20.2 Å². The van der Waals surface area contributed by atoms with Gasteiger partial charge in [0.25, 0.3) is 5.70 Å². The Bertz CT molecular complexity index is 968. The van der Waals surface area contributed by atoms with Gasteiger partial charge >= 0.3 is 5.70 Å². The Morgan fingerprint density at radius 1 is 0.778 bits per heavy atom. The van der Waals surface area contributed by atoms with Gasteiger partial charge in [-0.1, -0.05) is 56.1 Å². The van der Waals surface area contributed by atoms with Gasteiger partial charge < -0.3 is 5.11 Å². The number of benzene rings is 2. The van der Waals surface area contributed by atoms with E-state index in [9.17, 15) is 25.3 Å². The molecular formula is C18H12Br2N2O5. The first-order valence-electron chi connectivity index (χ1n) is 7.74. The molecule has 0 amide bonds. The molecule has 0 saturated heterocycles. The fraction of sp³-hybridized carbons (Fsp3) is 0.111. The van der Waals surface area contributed by atoms with Gasteiger partial charge in [-0.2, -0.15) is 0 Å². The molecule has 9 heteroatoms. The first-order valence-corrected chi connectivity index (χ1v) is 9.32. The molecule has 0 spiro atoms. The number of nitro groups is 2. The Hall–Kier alpha value is -2.52. The molecule has 0 aliphatic heterocycles. The van der Waals surface area contributed by atoms with E-state index < -0.39 is 33.1 Å². The minimum absolute atomic E-state index is 0.338. The molecule has 27 heavy (non-hydrogen) atoms. The highest BCUT2D eigenvalue weighted by atomic mass is 79.9. The van der Waals surface area contributed by atoms with Crippen LogP contribution in [0, 0.1) is 20.2 Å². The topological polar surface area (TPSA) is 107 Å². The first-order chi connectivity index (χ1) is 12.8. The van der Waals surface area contributed by atoms with Gasteiger partial charge in [0.1, 0.15) is 0 Å². The second kappa shape index (κ2) is 7.61. The van der Waals surface area contributed by atoms with Gasteiger partial charge in [-0.25, -0.2) is 0 Å². The number of hydrogen-bond donors (Lipinski definition) is 1. The summed E-state index contributed by atoms with van der Waals surface area (Å²) in [5, 5.41) is 33.7. The smallest absolute Gasteiger partial charge is 0.313 e. The highest BCUT2D eigenvalue weighted by Crippen LogP contribution is 2.47. The third-order valence-corrected chi connectivity index (χ3v) is 5.42. The van der Waals surface area contributed by atoms with Gasteiger partial charge in [0.15, 0.2) is 5.76 Å². The van der Waals surface area contributed by atoms with E-state index in [0.29, 0.717) is 11.1 Å².